The molecule has 2 aromatic heterocycles. The molecule has 0 saturated heterocycles. The van der Waals surface area contributed by atoms with Crippen LogP contribution in [-0.2, 0) is 24.1 Å². The van der Waals surface area contributed by atoms with Crippen LogP contribution in [0.15, 0.2) is 91.4 Å². The van der Waals surface area contributed by atoms with E-state index in [9.17, 15) is 22.8 Å². The Balaban J connectivity index is 1.31. The van der Waals surface area contributed by atoms with Gasteiger partial charge in [0, 0.05) is 17.1 Å². The van der Waals surface area contributed by atoms with Crippen LogP contribution in [0, 0.1) is 0 Å². The van der Waals surface area contributed by atoms with Crippen molar-refractivity contribution >= 4 is 39.3 Å². The second-order valence-corrected chi connectivity index (χ2v) is 8.60. The van der Waals surface area contributed by atoms with E-state index in [2.05, 4.69) is 10.3 Å². The maximum atomic E-state index is 12.8. The quantitative estimate of drug-likeness (QED) is 0.239. The molecule has 3 aromatic carbocycles. The number of nitrogens with one attached hydrogen (secondary N) is 1. The normalized spacial score (nSPS) is 11.6. The molecular formula is C28H22F3N4O2+. The Kier molecular flexibility index (Phi) is 6.43. The highest BCUT2D eigenvalue weighted by Crippen LogP contribution is 2.29. The summed E-state index contributed by atoms with van der Waals surface area (Å²) in [6.45, 7) is 0.318. The molecular weight excluding hydrogens is 481 g/mol. The highest BCUT2D eigenvalue weighted by molar-refractivity contribution is 6.00. The molecule has 0 spiro atoms. The molecule has 0 atom stereocenters. The third-order valence-corrected chi connectivity index (χ3v) is 6.11. The first kappa shape index (κ1) is 24.2. The van der Waals surface area contributed by atoms with Crippen molar-refractivity contribution in [2.24, 2.45) is 0 Å². The number of pyridine rings is 1. The minimum Gasteiger partial charge on any atom is -0.324 e. The lowest BCUT2D eigenvalue weighted by Crippen LogP contribution is -2.36. The van der Waals surface area contributed by atoms with Crippen molar-refractivity contribution in [1.29, 1.82) is 0 Å². The molecule has 0 aliphatic heterocycles. The summed E-state index contributed by atoms with van der Waals surface area (Å²) in [6, 6.07) is 21.0. The van der Waals surface area contributed by atoms with Crippen molar-refractivity contribution in [2.75, 3.05) is 5.32 Å². The highest BCUT2D eigenvalue weighted by Gasteiger charge is 2.30. The number of rotatable bonds is 7. The number of aryl methyl sites for hydroxylation is 1. The number of benzene rings is 3. The second-order valence-electron chi connectivity index (χ2n) is 8.60. The number of carbonyl (C=O) groups is 2. The molecule has 0 aliphatic carbocycles. The highest BCUT2D eigenvalue weighted by atomic mass is 19.4. The number of amides is 1. The maximum absolute atomic E-state index is 12.8. The topological polar surface area (TPSA) is 67.9 Å². The molecule has 0 aliphatic rings. The molecule has 0 bridgehead atoms. The fourth-order valence-electron chi connectivity index (χ4n) is 4.28. The Bertz CT molecular complexity index is 1600. The number of alkyl halides is 3. The lowest BCUT2D eigenvalue weighted by molar-refractivity contribution is -0.657. The number of ketones is 1. The molecule has 5 aromatic rings. The van der Waals surface area contributed by atoms with Gasteiger partial charge in [-0.05, 0) is 36.4 Å². The van der Waals surface area contributed by atoms with Gasteiger partial charge >= 0.3 is 6.18 Å². The summed E-state index contributed by atoms with van der Waals surface area (Å²) < 4.78 is 42.1. The van der Waals surface area contributed by atoms with Gasteiger partial charge in [-0.1, -0.05) is 42.5 Å². The third-order valence-electron chi connectivity index (χ3n) is 6.11. The largest absolute Gasteiger partial charge is 0.416 e. The van der Waals surface area contributed by atoms with Crippen LogP contribution in [0.1, 0.15) is 22.3 Å². The molecule has 186 valence electrons. The standard InChI is InChI=1S/C28H21F3N4O2/c29-28(30,31)21-12-10-19(11-13-21)25(36)17-35-18-34(23-8-1-2-9-24(23)35)16-14-26(37)33-22-7-3-5-20-6-4-15-32-27(20)22/h1-13,15,18H,14,16-17H2/p+1. The van der Waals surface area contributed by atoms with Crippen LogP contribution in [0.3, 0.4) is 0 Å². The van der Waals surface area contributed by atoms with Crippen LogP contribution in [0.2, 0.25) is 0 Å². The molecule has 2 heterocycles. The number of imidazole rings is 1. The summed E-state index contributed by atoms with van der Waals surface area (Å²) in [5.74, 6) is -0.494. The summed E-state index contributed by atoms with van der Waals surface area (Å²) in [5, 5.41) is 3.85. The molecule has 0 unspecified atom stereocenters. The van der Waals surface area contributed by atoms with Crippen LogP contribution in [-0.4, -0.2) is 21.2 Å². The van der Waals surface area contributed by atoms with Crippen LogP contribution in [0.4, 0.5) is 18.9 Å². The number of hydrogen-bond donors (Lipinski definition) is 1. The fourth-order valence-corrected chi connectivity index (χ4v) is 4.28. The first-order valence-electron chi connectivity index (χ1n) is 11.6. The van der Waals surface area contributed by atoms with E-state index >= 15 is 0 Å². The van der Waals surface area contributed by atoms with Gasteiger partial charge in [-0.15, -0.1) is 0 Å². The van der Waals surface area contributed by atoms with E-state index in [0.29, 0.717) is 17.7 Å². The zero-order chi connectivity index (χ0) is 26.0. The Morgan fingerprint density at radius 1 is 0.919 bits per heavy atom. The lowest BCUT2D eigenvalue weighted by Gasteiger charge is -2.07. The van der Waals surface area contributed by atoms with Crippen molar-refractivity contribution in [3.8, 4) is 0 Å². The van der Waals surface area contributed by atoms with E-state index in [-0.39, 0.29) is 30.2 Å². The van der Waals surface area contributed by atoms with E-state index in [1.807, 2.05) is 53.1 Å². The minimum absolute atomic E-state index is 0.0489. The van der Waals surface area contributed by atoms with Crippen molar-refractivity contribution < 1.29 is 27.3 Å². The Hall–Kier alpha value is -4.53. The predicted molar refractivity (Wildman–Crippen MR) is 133 cm³/mol. The molecule has 9 heteroatoms. The third kappa shape index (κ3) is 5.20. The summed E-state index contributed by atoms with van der Waals surface area (Å²) in [7, 11) is 0. The average Bonchev–Trinajstić information content (AvgIpc) is 3.24. The monoisotopic (exact) mass is 503 g/mol. The van der Waals surface area contributed by atoms with Gasteiger partial charge in [0.2, 0.25) is 18.0 Å². The number of Topliss-reactive ketones (excluding diaryl/α,β-unsaturated/α-hetero) is 1. The van der Waals surface area contributed by atoms with E-state index in [0.717, 1.165) is 28.6 Å². The van der Waals surface area contributed by atoms with Gasteiger partial charge in [-0.2, -0.15) is 13.2 Å². The van der Waals surface area contributed by atoms with Crippen LogP contribution >= 0.6 is 0 Å². The number of nitrogens with zero attached hydrogens (tertiary/aromatic N) is 3. The van der Waals surface area contributed by atoms with Gasteiger partial charge in [0.05, 0.1) is 29.7 Å². The molecule has 1 amide bonds. The number of carbonyl (C=O) groups excluding carboxylic acids is 2. The molecule has 5 rings (SSSR count). The van der Waals surface area contributed by atoms with Crippen molar-refractivity contribution in [3.05, 3.63) is 103 Å². The van der Waals surface area contributed by atoms with Gasteiger partial charge in [-0.3, -0.25) is 14.6 Å². The summed E-state index contributed by atoms with van der Waals surface area (Å²) in [4.78, 5) is 29.9. The molecule has 0 saturated carbocycles. The van der Waals surface area contributed by atoms with Crippen LogP contribution < -0.4 is 9.88 Å². The second kappa shape index (κ2) is 9.85. The molecule has 0 radical (unpaired) electrons. The molecule has 0 fully saturated rings. The number of aromatic nitrogens is 3. The van der Waals surface area contributed by atoms with Crippen molar-refractivity contribution in [3.63, 3.8) is 0 Å². The van der Waals surface area contributed by atoms with Gasteiger partial charge in [0.25, 0.3) is 0 Å². The Morgan fingerprint density at radius 2 is 1.68 bits per heavy atom. The Morgan fingerprint density at radius 3 is 2.46 bits per heavy atom. The first-order chi connectivity index (χ1) is 17.8. The van der Waals surface area contributed by atoms with Crippen LogP contribution in [0.25, 0.3) is 21.9 Å². The Labute approximate surface area is 210 Å². The zero-order valence-corrected chi connectivity index (χ0v) is 19.6. The summed E-state index contributed by atoms with van der Waals surface area (Å²) >= 11 is 0. The smallest absolute Gasteiger partial charge is 0.324 e. The molecule has 1 N–H and O–H groups in total. The number of anilines is 1. The first-order valence-corrected chi connectivity index (χ1v) is 11.6. The van der Waals surface area contributed by atoms with Crippen molar-refractivity contribution in [2.45, 2.75) is 25.7 Å². The van der Waals surface area contributed by atoms with Crippen molar-refractivity contribution in [1.82, 2.24) is 9.55 Å². The molecule has 37 heavy (non-hydrogen) atoms. The van der Waals surface area contributed by atoms with Gasteiger partial charge < -0.3 is 5.32 Å². The number of halogens is 3. The SMILES string of the molecule is O=C(CCn1c[n+](CC(=O)c2ccc(C(F)(F)F)cc2)c2ccccc21)Nc1cccc2cccnc12. The van der Waals surface area contributed by atoms with E-state index in [1.54, 1.807) is 23.2 Å². The summed E-state index contributed by atoms with van der Waals surface area (Å²) in [5.41, 5.74) is 2.36. The fraction of sp³-hybridized carbons (Fsp3) is 0.143. The molecule has 6 nitrogen and oxygen atoms in total. The van der Waals surface area contributed by atoms with Crippen LogP contribution in [0.5, 0.6) is 0 Å². The number of para-hydroxylation sites is 3. The van der Waals surface area contributed by atoms with E-state index in [1.165, 1.54) is 12.1 Å². The number of fused-ring (bicyclic) bond motifs is 2. The van der Waals surface area contributed by atoms with E-state index in [4.69, 9.17) is 0 Å². The zero-order valence-electron chi connectivity index (χ0n) is 19.6. The van der Waals surface area contributed by atoms with Gasteiger partial charge in [-0.25, -0.2) is 9.13 Å². The minimum atomic E-state index is -4.46. The van der Waals surface area contributed by atoms with Gasteiger partial charge in [0.15, 0.2) is 17.6 Å². The average molecular weight is 504 g/mol. The van der Waals surface area contributed by atoms with Gasteiger partial charge in [0.1, 0.15) is 0 Å². The van der Waals surface area contributed by atoms with E-state index < -0.39 is 11.7 Å². The lowest BCUT2D eigenvalue weighted by atomic mass is 10.1. The summed E-state index contributed by atoms with van der Waals surface area (Å²) in [6.07, 6.45) is -0.844. The number of hydrogen-bond acceptors (Lipinski definition) is 3. The predicted octanol–water partition coefficient (Wildman–Crippen LogP) is 5.41. The maximum Gasteiger partial charge on any atom is 0.416 e.